The van der Waals surface area contributed by atoms with Crippen LogP contribution in [0.2, 0.25) is 0 Å². The van der Waals surface area contributed by atoms with E-state index in [4.69, 9.17) is 9.72 Å². The molecule has 4 aromatic rings. The molecule has 0 radical (unpaired) electrons. The summed E-state index contributed by atoms with van der Waals surface area (Å²) in [5, 5.41) is 17.6. The number of carbonyl (C=O) groups is 1. The average Bonchev–Trinajstić information content (AvgIpc) is 3.20. The molecule has 0 saturated heterocycles. The summed E-state index contributed by atoms with van der Waals surface area (Å²) in [5.41, 5.74) is 3.02. The maximum atomic E-state index is 12.6. The molecule has 7 heteroatoms. The number of carbonyl (C=O) groups excluding carboxylic acids is 1. The van der Waals surface area contributed by atoms with Crippen molar-refractivity contribution in [2.75, 3.05) is 12.4 Å². The first kappa shape index (κ1) is 20.1. The molecule has 0 bridgehead atoms. The molecule has 0 saturated carbocycles. The number of amides is 1. The quantitative estimate of drug-likeness (QED) is 0.514. The number of aromatic nitrogens is 3. The van der Waals surface area contributed by atoms with E-state index in [1.165, 1.54) is 10.9 Å². The second-order valence-electron chi connectivity index (χ2n) is 7.12. The third-order valence-corrected chi connectivity index (χ3v) is 5.06. The molecule has 2 aromatic heterocycles. The van der Waals surface area contributed by atoms with Crippen LogP contribution in [-0.2, 0) is 11.2 Å². The predicted molar refractivity (Wildman–Crippen MR) is 118 cm³/mol. The normalized spacial score (nSPS) is 10.6. The van der Waals surface area contributed by atoms with Gasteiger partial charge in [-0.2, -0.15) is 15.0 Å². The fourth-order valence-electron chi connectivity index (χ4n) is 3.47. The van der Waals surface area contributed by atoms with Gasteiger partial charge in [-0.05, 0) is 36.6 Å². The Hall–Kier alpha value is -4.18. The summed E-state index contributed by atoms with van der Waals surface area (Å²) in [6, 6.07) is 19.5. The first-order valence-electron chi connectivity index (χ1n) is 9.87. The van der Waals surface area contributed by atoms with Crippen LogP contribution < -0.4 is 10.1 Å². The molecule has 0 aliphatic heterocycles. The number of nitrogens with zero attached hydrogens (tertiary/aromatic N) is 4. The number of para-hydroxylation sites is 1. The molecule has 0 aliphatic rings. The lowest BCUT2D eigenvalue weighted by Gasteiger charge is -2.12. The smallest absolute Gasteiger partial charge is 0.225 e. The lowest BCUT2D eigenvalue weighted by molar-refractivity contribution is -0.116. The van der Waals surface area contributed by atoms with Gasteiger partial charge in [-0.15, -0.1) is 0 Å². The molecule has 31 heavy (non-hydrogen) atoms. The van der Waals surface area contributed by atoms with Crippen molar-refractivity contribution < 1.29 is 9.53 Å². The summed E-state index contributed by atoms with van der Waals surface area (Å²) in [5.74, 6) is 1.25. The Bertz CT molecular complexity index is 1290. The van der Waals surface area contributed by atoms with E-state index in [-0.39, 0.29) is 17.9 Å². The van der Waals surface area contributed by atoms with Gasteiger partial charge in [-0.25, -0.2) is 4.98 Å². The molecular formula is C24H21N5O2. The Morgan fingerprint density at radius 2 is 2.00 bits per heavy atom. The number of nitriles is 1. The number of hydrogen-bond donors (Lipinski definition) is 1. The molecule has 0 fully saturated rings. The molecule has 1 N–H and O–H groups in total. The number of hydrogen-bond acceptors (Lipinski definition) is 5. The van der Waals surface area contributed by atoms with Crippen molar-refractivity contribution >= 4 is 22.6 Å². The van der Waals surface area contributed by atoms with Crippen molar-refractivity contribution in [1.29, 1.82) is 5.26 Å². The van der Waals surface area contributed by atoms with Gasteiger partial charge in [0.15, 0.2) is 11.6 Å². The highest BCUT2D eigenvalue weighted by Crippen LogP contribution is 2.29. The summed E-state index contributed by atoms with van der Waals surface area (Å²) in [4.78, 5) is 17.3. The first-order valence-corrected chi connectivity index (χ1v) is 9.87. The number of nitrogens with one attached hydrogen (secondary N) is 1. The Labute approximate surface area is 179 Å². The second kappa shape index (κ2) is 8.67. The van der Waals surface area contributed by atoms with Crippen LogP contribution >= 0.6 is 0 Å². The van der Waals surface area contributed by atoms with E-state index in [0.29, 0.717) is 29.3 Å². The fraction of sp³-hybridized carbons (Fsp3) is 0.167. The Kier molecular flexibility index (Phi) is 5.63. The SMILES string of the molecule is COc1cccc2c(C)cc(-n3ncc(C#N)c3NC(=O)CCc3ccccc3)nc12. The minimum absolute atomic E-state index is 0.197. The van der Waals surface area contributed by atoms with Gasteiger partial charge in [0.1, 0.15) is 22.9 Å². The van der Waals surface area contributed by atoms with Crippen molar-refractivity contribution in [2.45, 2.75) is 19.8 Å². The van der Waals surface area contributed by atoms with Gasteiger partial charge in [0.05, 0.1) is 13.3 Å². The van der Waals surface area contributed by atoms with Crippen LogP contribution in [-0.4, -0.2) is 27.8 Å². The van der Waals surface area contributed by atoms with Crippen molar-refractivity contribution in [3.8, 4) is 17.6 Å². The van der Waals surface area contributed by atoms with E-state index in [1.807, 2.05) is 61.5 Å². The highest BCUT2D eigenvalue weighted by Gasteiger charge is 2.17. The van der Waals surface area contributed by atoms with E-state index >= 15 is 0 Å². The highest BCUT2D eigenvalue weighted by molar-refractivity contribution is 5.92. The van der Waals surface area contributed by atoms with Crippen LogP contribution in [0.5, 0.6) is 5.75 Å². The van der Waals surface area contributed by atoms with Gasteiger partial charge in [0, 0.05) is 11.8 Å². The monoisotopic (exact) mass is 411 g/mol. The largest absolute Gasteiger partial charge is 0.494 e. The van der Waals surface area contributed by atoms with Crippen LogP contribution in [0, 0.1) is 18.3 Å². The standard InChI is InChI=1S/C24H21N5O2/c1-16-13-21(27-23-19(16)9-6-10-20(23)31-2)29-24(18(14-25)15-26-29)28-22(30)12-11-17-7-4-3-5-8-17/h3-10,13,15H,11-12H2,1-2H3,(H,28,30). The average molecular weight is 411 g/mol. The molecule has 0 spiro atoms. The van der Waals surface area contributed by atoms with Crippen molar-refractivity contribution in [3.63, 3.8) is 0 Å². The molecule has 0 atom stereocenters. The summed E-state index contributed by atoms with van der Waals surface area (Å²) in [6.07, 6.45) is 2.32. The van der Waals surface area contributed by atoms with Crippen molar-refractivity contribution in [1.82, 2.24) is 14.8 Å². The highest BCUT2D eigenvalue weighted by atomic mass is 16.5. The predicted octanol–water partition coefficient (Wildman–Crippen LogP) is 4.18. The molecule has 2 aromatic carbocycles. The second-order valence-corrected chi connectivity index (χ2v) is 7.12. The van der Waals surface area contributed by atoms with E-state index in [0.717, 1.165) is 16.5 Å². The Balaban J connectivity index is 1.67. The number of methoxy groups -OCH3 is 1. The van der Waals surface area contributed by atoms with Gasteiger partial charge < -0.3 is 10.1 Å². The molecule has 7 nitrogen and oxygen atoms in total. The Morgan fingerprint density at radius 3 is 2.74 bits per heavy atom. The summed E-state index contributed by atoms with van der Waals surface area (Å²) >= 11 is 0. The zero-order valence-corrected chi connectivity index (χ0v) is 17.3. The molecule has 154 valence electrons. The maximum Gasteiger partial charge on any atom is 0.225 e. The van der Waals surface area contributed by atoms with Crippen molar-refractivity contribution in [2.24, 2.45) is 0 Å². The molecule has 0 unspecified atom stereocenters. The zero-order chi connectivity index (χ0) is 21.8. The minimum Gasteiger partial charge on any atom is -0.494 e. The van der Waals surface area contributed by atoms with Crippen LogP contribution in [0.1, 0.15) is 23.1 Å². The Morgan fingerprint density at radius 1 is 1.19 bits per heavy atom. The maximum absolute atomic E-state index is 12.6. The molecule has 1 amide bonds. The number of rotatable bonds is 6. The molecule has 0 aliphatic carbocycles. The van der Waals surface area contributed by atoms with Gasteiger partial charge in [0.25, 0.3) is 0 Å². The van der Waals surface area contributed by atoms with Gasteiger partial charge in [0.2, 0.25) is 5.91 Å². The van der Waals surface area contributed by atoms with Gasteiger partial charge >= 0.3 is 0 Å². The van der Waals surface area contributed by atoms with Crippen LogP contribution in [0.4, 0.5) is 5.82 Å². The van der Waals surface area contributed by atoms with Crippen molar-refractivity contribution in [3.05, 3.63) is 77.5 Å². The number of aryl methyl sites for hydroxylation is 2. The number of fused-ring (bicyclic) bond motifs is 1. The number of anilines is 1. The van der Waals surface area contributed by atoms with E-state index in [1.54, 1.807) is 7.11 Å². The number of ether oxygens (including phenoxy) is 1. The third kappa shape index (κ3) is 4.09. The summed E-state index contributed by atoms with van der Waals surface area (Å²) in [6.45, 7) is 1.97. The van der Waals surface area contributed by atoms with Gasteiger partial charge in [-0.1, -0.05) is 42.5 Å². The van der Waals surface area contributed by atoms with E-state index in [9.17, 15) is 10.1 Å². The fourth-order valence-corrected chi connectivity index (χ4v) is 3.47. The van der Waals surface area contributed by atoms with E-state index < -0.39 is 0 Å². The lowest BCUT2D eigenvalue weighted by atomic mass is 10.1. The molecule has 2 heterocycles. The zero-order valence-electron chi connectivity index (χ0n) is 17.3. The third-order valence-electron chi connectivity index (χ3n) is 5.06. The first-order chi connectivity index (χ1) is 15.1. The van der Waals surface area contributed by atoms with Crippen LogP contribution in [0.25, 0.3) is 16.7 Å². The number of pyridine rings is 1. The van der Waals surface area contributed by atoms with Crippen LogP contribution in [0.3, 0.4) is 0 Å². The number of benzene rings is 2. The summed E-state index contributed by atoms with van der Waals surface area (Å²) in [7, 11) is 1.60. The van der Waals surface area contributed by atoms with Gasteiger partial charge in [-0.3, -0.25) is 4.79 Å². The lowest BCUT2D eigenvalue weighted by Crippen LogP contribution is -2.17. The molecule has 4 rings (SSSR count). The van der Waals surface area contributed by atoms with E-state index in [2.05, 4.69) is 16.5 Å². The minimum atomic E-state index is -0.197. The summed E-state index contributed by atoms with van der Waals surface area (Å²) < 4.78 is 6.94. The topological polar surface area (TPSA) is 92.8 Å². The van der Waals surface area contributed by atoms with Crippen LogP contribution in [0.15, 0.2) is 60.8 Å². The molecular weight excluding hydrogens is 390 g/mol.